The summed E-state index contributed by atoms with van der Waals surface area (Å²) in [6.45, 7) is -1.83. The number of aliphatic hydroxyl groups is 1. The van der Waals surface area contributed by atoms with Gasteiger partial charge in [0.2, 0.25) is 15.9 Å². The highest BCUT2D eigenvalue weighted by Crippen LogP contribution is 2.47. The maximum Gasteiger partial charge on any atom is 0.405 e. The molecule has 0 saturated carbocycles. The zero-order valence-corrected chi connectivity index (χ0v) is 16.2. The molecule has 1 saturated heterocycles. The van der Waals surface area contributed by atoms with Gasteiger partial charge in [0.25, 0.3) is 0 Å². The van der Waals surface area contributed by atoms with Gasteiger partial charge < -0.3 is 19.9 Å². The van der Waals surface area contributed by atoms with Crippen LogP contribution in [0.2, 0.25) is 0 Å². The van der Waals surface area contributed by atoms with E-state index in [1.54, 1.807) is 17.4 Å². The number of hydrogen-bond acceptors (Lipinski definition) is 6. The van der Waals surface area contributed by atoms with Gasteiger partial charge in [-0.2, -0.15) is 13.2 Å². The summed E-state index contributed by atoms with van der Waals surface area (Å²) in [6, 6.07) is 4.75. The predicted molar refractivity (Wildman–Crippen MR) is 96.1 cm³/mol. The number of nitrogens with one attached hydrogen (secondary N) is 2. The van der Waals surface area contributed by atoms with Crippen molar-refractivity contribution in [3.05, 3.63) is 23.8 Å². The molecule has 3 N–H and O–H groups in total. The highest BCUT2D eigenvalue weighted by molar-refractivity contribution is 7.92. The Labute approximate surface area is 165 Å². The molecule has 0 aromatic heterocycles. The first-order valence-electron chi connectivity index (χ1n) is 8.83. The monoisotopic (exact) mass is 438 g/mol. The van der Waals surface area contributed by atoms with E-state index in [1.807, 2.05) is 0 Å². The number of hydrogen-bond donors (Lipinski definition) is 3. The van der Waals surface area contributed by atoms with E-state index in [9.17, 15) is 31.5 Å². The molecule has 8 nitrogen and oxygen atoms in total. The Morgan fingerprint density at radius 2 is 2.07 bits per heavy atom. The summed E-state index contributed by atoms with van der Waals surface area (Å²) in [6.07, 6.45) is -5.55. The van der Waals surface area contributed by atoms with Crippen molar-refractivity contribution in [1.29, 1.82) is 0 Å². The fourth-order valence-electron chi connectivity index (χ4n) is 3.64. The number of sulfonamides is 1. The SMILES string of the molecule is CS(=O)(=O)Nc1ccc2c(c1)[C@H]1C[C@@H](CC(=O)NCC(F)(F)F)O[C@H](CO)[C@H]1O2. The van der Waals surface area contributed by atoms with Crippen LogP contribution in [0.25, 0.3) is 0 Å². The molecule has 12 heteroatoms. The van der Waals surface area contributed by atoms with E-state index in [4.69, 9.17) is 9.47 Å². The average molecular weight is 438 g/mol. The van der Waals surface area contributed by atoms with E-state index in [2.05, 4.69) is 4.72 Å². The number of carbonyl (C=O) groups excluding carboxylic acids is 1. The summed E-state index contributed by atoms with van der Waals surface area (Å²) in [4.78, 5) is 11.8. The molecule has 2 aliphatic rings. The Balaban J connectivity index is 1.74. The average Bonchev–Trinajstić information content (AvgIpc) is 2.95. The van der Waals surface area contributed by atoms with Crippen LogP contribution in [0.15, 0.2) is 18.2 Å². The van der Waals surface area contributed by atoms with E-state index in [1.165, 1.54) is 6.07 Å². The van der Waals surface area contributed by atoms with E-state index < -0.39 is 53.6 Å². The minimum Gasteiger partial charge on any atom is -0.487 e. The number of benzene rings is 1. The lowest BCUT2D eigenvalue weighted by molar-refractivity contribution is -0.149. The lowest BCUT2D eigenvalue weighted by Crippen LogP contribution is -2.47. The van der Waals surface area contributed by atoms with Crippen LogP contribution in [0.1, 0.15) is 24.3 Å². The van der Waals surface area contributed by atoms with E-state index in [-0.39, 0.29) is 18.8 Å². The number of alkyl halides is 3. The van der Waals surface area contributed by atoms with E-state index in [0.29, 0.717) is 17.0 Å². The Bertz CT molecular complexity index is 876. The molecule has 0 spiro atoms. The van der Waals surface area contributed by atoms with Crippen molar-refractivity contribution in [1.82, 2.24) is 5.32 Å². The van der Waals surface area contributed by atoms with Gasteiger partial charge >= 0.3 is 6.18 Å². The summed E-state index contributed by atoms with van der Waals surface area (Å²) >= 11 is 0. The molecule has 0 unspecified atom stereocenters. The molecule has 1 amide bonds. The van der Waals surface area contributed by atoms with Gasteiger partial charge in [-0.3, -0.25) is 9.52 Å². The van der Waals surface area contributed by atoms with Crippen LogP contribution in [-0.4, -0.2) is 63.3 Å². The molecule has 2 aliphatic heterocycles. The van der Waals surface area contributed by atoms with Gasteiger partial charge in [0.15, 0.2) is 0 Å². The minimum absolute atomic E-state index is 0.274. The van der Waals surface area contributed by atoms with Gasteiger partial charge in [0, 0.05) is 17.2 Å². The zero-order chi connectivity index (χ0) is 21.4. The predicted octanol–water partition coefficient (Wildman–Crippen LogP) is 1.12. The number of fused-ring (bicyclic) bond motifs is 3. The van der Waals surface area contributed by atoms with Gasteiger partial charge in [-0.05, 0) is 24.6 Å². The van der Waals surface area contributed by atoms with E-state index in [0.717, 1.165) is 6.26 Å². The Hall–Kier alpha value is -2.05. The summed E-state index contributed by atoms with van der Waals surface area (Å²) < 4.78 is 73.6. The molecule has 29 heavy (non-hydrogen) atoms. The number of carbonyl (C=O) groups is 1. The third-order valence-corrected chi connectivity index (χ3v) is 5.31. The number of aliphatic hydroxyl groups excluding tert-OH is 1. The van der Waals surface area contributed by atoms with Crippen LogP contribution < -0.4 is 14.8 Å². The molecule has 0 radical (unpaired) electrons. The highest BCUT2D eigenvalue weighted by atomic mass is 32.2. The van der Waals surface area contributed by atoms with Crippen molar-refractivity contribution in [2.24, 2.45) is 0 Å². The van der Waals surface area contributed by atoms with Gasteiger partial charge in [-0.1, -0.05) is 0 Å². The zero-order valence-electron chi connectivity index (χ0n) is 15.4. The molecule has 1 fully saturated rings. The Morgan fingerprint density at radius 1 is 1.34 bits per heavy atom. The number of ether oxygens (including phenoxy) is 2. The Kier molecular flexibility index (Phi) is 5.97. The first-order chi connectivity index (χ1) is 13.4. The Morgan fingerprint density at radius 3 is 2.69 bits per heavy atom. The summed E-state index contributed by atoms with van der Waals surface area (Å²) in [7, 11) is -3.48. The quantitative estimate of drug-likeness (QED) is 0.614. The fraction of sp³-hybridized carbons (Fsp3) is 0.588. The number of halogens is 3. The molecule has 2 heterocycles. The van der Waals surface area contributed by atoms with Crippen LogP contribution in [0.5, 0.6) is 5.75 Å². The lowest BCUT2D eigenvalue weighted by atomic mass is 9.84. The topological polar surface area (TPSA) is 114 Å². The first-order valence-corrected chi connectivity index (χ1v) is 10.7. The summed E-state index contributed by atoms with van der Waals surface area (Å²) in [5.74, 6) is -0.616. The molecule has 1 aromatic rings. The molecule has 162 valence electrons. The molecule has 4 atom stereocenters. The second-order valence-corrected chi connectivity index (χ2v) is 8.88. The van der Waals surface area contributed by atoms with Crippen LogP contribution in [-0.2, 0) is 19.6 Å². The molecule has 3 rings (SSSR count). The summed E-state index contributed by atoms with van der Waals surface area (Å²) in [5.41, 5.74) is 1.02. The lowest BCUT2D eigenvalue weighted by Gasteiger charge is -2.37. The third kappa shape index (κ3) is 5.52. The second kappa shape index (κ2) is 8.00. The first kappa shape index (κ1) is 21.7. The second-order valence-electron chi connectivity index (χ2n) is 7.13. The van der Waals surface area contributed by atoms with Gasteiger partial charge in [0.1, 0.15) is 24.5 Å². The minimum atomic E-state index is -4.51. The van der Waals surface area contributed by atoms with Gasteiger partial charge in [-0.15, -0.1) is 0 Å². The number of amides is 1. The molecule has 0 bridgehead atoms. The standard InChI is InChI=1S/C17H21F3N2O6S/c1-29(25,26)22-9-2-3-13-11(4-9)12-5-10(27-14(7-23)16(12)28-13)6-15(24)21-8-17(18,19)20/h2-4,10,12,14,16,22-23H,5-8H2,1H3,(H,21,24)/t10-,12+,14+,16-/m0/s1. The van der Waals surface area contributed by atoms with Gasteiger partial charge in [-0.25, -0.2) is 8.42 Å². The molecule has 0 aliphatic carbocycles. The maximum atomic E-state index is 12.3. The van der Waals surface area contributed by atoms with Crippen molar-refractivity contribution >= 4 is 21.6 Å². The van der Waals surface area contributed by atoms with E-state index >= 15 is 0 Å². The molecular formula is C17H21F3N2O6S. The van der Waals surface area contributed by atoms with Crippen LogP contribution in [0.4, 0.5) is 18.9 Å². The molecule has 1 aromatic carbocycles. The largest absolute Gasteiger partial charge is 0.487 e. The van der Waals surface area contributed by atoms with Crippen LogP contribution in [0, 0.1) is 0 Å². The van der Waals surface area contributed by atoms with Gasteiger partial charge in [0.05, 0.1) is 25.4 Å². The van der Waals surface area contributed by atoms with Crippen molar-refractivity contribution in [2.75, 3.05) is 24.1 Å². The number of rotatable bonds is 6. The van der Waals surface area contributed by atoms with Crippen LogP contribution in [0.3, 0.4) is 0 Å². The fourth-order valence-corrected chi connectivity index (χ4v) is 4.20. The van der Waals surface area contributed by atoms with Crippen molar-refractivity contribution < 1.29 is 41.0 Å². The smallest absolute Gasteiger partial charge is 0.405 e. The van der Waals surface area contributed by atoms with Crippen molar-refractivity contribution in [3.8, 4) is 5.75 Å². The van der Waals surface area contributed by atoms with Crippen molar-refractivity contribution in [2.45, 2.75) is 43.2 Å². The normalized spacial score (nSPS) is 26.2. The summed E-state index contributed by atoms with van der Waals surface area (Å²) in [5, 5.41) is 11.4. The third-order valence-electron chi connectivity index (χ3n) is 4.70. The van der Waals surface area contributed by atoms with Crippen LogP contribution >= 0.6 is 0 Å². The maximum absolute atomic E-state index is 12.3. The molecular weight excluding hydrogens is 417 g/mol. The number of anilines is 1. The van der Waals surface area contributed by atoms with Crippen molar-refractivity contribution in [3.63, 3.8) is 0 Å². The highest BCUT2D eigenvalue weighted by Gasteiger charge is 2.46.